The van der Waals surface area contributed by atoms with E-state index in [1.807, 2.05) is 0 Å². The van der Waals surface area contributed by atoms with Gasteiger partial charge in [-0.2, -0.15) is 12.6 Å². The topological polar surface area (TPSA) is 122 Å². The highest BCUT2D eigenvalue weighted by molar-refractivity contribution is 7.80. The van der Waals surface area contributed by atoms with Crippen LogP contribution in [0.5, 0.6) is 0 Å². The number of aliphatic imine (C=N–C) groups is 1. The second-order valence-corrected chi connectivity index (χ2v) is 2.83. The first-order valence-corrected chi connectivity index (χ1v) is 4.62. The van der Waals surface area contributed by atoms with E-state index in [0.29, 0.717) is 13.2 Å². The van der Waals surface area contributed by atoms with Crippen LogP contribution in [0.1, 0.15) is 0 Å². The van der Waals surface area contributed by atoms with Crippen LogP contribution in [0.25, 0.3) is 0 Å². The van der Waals surface area contributed by atoms with E-state index in [9.17, 15) is 9.59 Å². The average Bonchev–Trinajstić information content (AvgIpc) is 2.70. The predicted octanol–water partition coefficient (Wildman–Crippen LogP) is -1.17. The number of nitrogens with zero attached hydrogens (tertiary/aromatic N) is 1. The van der Waals surface area contributed by atoms with Crippen LogP contribution in [0.2, 0.25) is 0 Å². The quantitative estimate of drug-likeness (QED) is 0.458. The second kappa shape index (κ2) is 7.07. The molecule has 0 spiro atoms. The molecule has 1 aliphatic heterocycles. The molecule has 0 amide bonds. The van der Waals surface area contributed by atoms with Crippen LogP contribution in [0, 0.1) is 0 Å². The highest BCUT2D eigenvalue weighted by Crippen LogP contribution is 1.92. The Hall–Kier alpha value is -1.28. The molecule has 0 bridgehead atoms. The van der Waals surface area contributed by atoms with Gasteiger partial charge in [-0.15, -0.1) is 0 Å². The van der Waals surface area contributed by atoms with Crippen LogP contribution in [-0.2, 0) is 14.3 Å². The van der Waals surface area contributed by atoms with E-state index in [1.54, 1.807) is 0 Å². The van der Waals surface area contributed by atoms with Gasteiger partial charge in [-0.05, 0) is 0 Å². The molecule has 0 aliphatic carbocycles. The van der Waals surface area contributed by atoms with Crippen LogP contribution < -0.4 is 5.73 Å². The van der Waals surface area contributed by atoms with Crippen molar-refractivity contribution in [1.29, 1.82) is 0 Å². The molecule has 7 nitrogen and oxygen atoms in total. The van der Waals surface area contributed by atoms with Crippen molar-refractivity contribution < 1.29 is 24.5 Å². The van der Waals surface area contributed by atoms with E-state index in [2.05, 4.69) is 22.4 Å². The number of hydrogen-bond donors (Lipinski definition) is 4. The van der Waals surface area contributed by atoms with Crippen molar-refractivity contribution >= 4 is 30.5 Å². The molecule has 1 heterocycles. The second-order valence-electron chi connectivity index (χ2n) is 2.47. The molecule has 4 N–H and O–H groups in total. The highest BCUT2D eigenvalue weighted by atomic mass is 32.1. The molecule has 1 atom stereocenters. The van der Waals surface area contributed by atoms with Crippen molar-refractivity contribution in [2.45, 2.75) is 6.04 Å². The maximum Gasteiger partial charge on any atom is 0.391 e. The fraction of sp³-hybridized carbons (Fsp3) is 0.571. The number of ether oxygens (including phenoxy) is 1. The van der Waals surface area contributed by atoms with Gasteiger partial charge in [-0.1, -0.05) is 0 Å². The zero-order chi connectivity index (χ0) is 11.8. The summed E-state index contributed by atoms with van der Waals surface area (Å²) in [7, 11) is 0. The number of carboxylic acids is 2. The molecule has 0 aromatic rings. The van der Waals surface area contributed by atoms with Crippen LogP contribution >= 0.6 is 12.6 Å². The third-order valence-electron chi connectivity index (χ3n) is 1.28. The first-order valence-electron chi connectivity index (χ1n) is 3.98. The van der Waals surface area contributed by atoms with E-state index in [-0.39, 0.29) is 11.7 Å². The Kier molecular flexibility index (Phi) is 6.47. The summed E-state index contributed by atoms with van der Waals surface area (Å²) >= 11 is 3.65. The van der Waals surface area contributed by atoms with Crippen LogP contribution in [-0.4, -0.2) is 53.0 Å². The number of carboxylic acid groups (broad SMARTS) is 2. The predicted molar refractivity (Wildman–Crippen MR) is 55.4 cm³/mol. The summed E-state index contributed by atoms with van der Waals surface area (Å²) in [4.78, 5) is 23.2. The van der Waals surface area contributed by atoms with Crippen molar-refractivity contribution in [3.05, 3.63) is 0 Å². The molecule has 0 fully saturated rings. The Morgan fingerprint density at radius 3 is 2.33 bits per heavy atom. The Bertz CT molecular complexity index is 268. The van der Waals surface area contributed by atoms with Crippen molar-refractivity contribution in [3.8, 4) is 0 Å². The van der Waals surface area contributed by atoms with E-state index in [1.165, 1.54) is 0 Å². The molecule has 8 heteroatoms. The van der Waals surface area contributed by atoms with Gasteiger partial charge in [0.25, 0.3) is 5.90 Å². The van der Waals surface area contributed by atoms with E-state index >= 15 is 0 Å². The van der Waals surface area contributed by atoms with Gasteiger partial charge in [-0.25, -0.2) is 9.79 Å². The lowest BCUT2D eigenvalue weighted by Gasteiger charge is -1.96. The minimum Gasteiger partial charge on any atom is -0.480 e. The monoisotopic (exact) mass is 236 g/mol. The number of thiol groups is 1. The fourth-order valence-electron chi connectivity index (χ4n) is 0.543. The number of aliphatic carboxylic acids is 2. The van der Waals surface area contributed by atoms with Gasteiger partial charge in [-0.3, -0.25) is 4.79 Å². The lowest BCUT2D eigenvalue weighted by atomic mass is 10.4. The summed E-state index contributed by atoms with van der Waals surface area (Å²) in [5, 5.41) is 16.2. The molecule has 1 unspecified atom stereocenters. The highest BCUT2D eigenvalue weighted by Gasteiger charge is 2.14. The molecular weight excluding hydrogens is 224 g/mol. The maximum absolute atomic E-state index is 9.95. The zero-order valence-corrected chi connectivity index (χ0v) is 8.68. The van der Waals surface area contributed by atoms with Crippen LogP contribution in [0.15, 0.2) is 4.99 Å². The number of carbonyl (C=O) groups is 2. The molecule has 0 aromatic heterocycles. The van der Waals surface area contributed by atoms with Gasteiger partial charge in [0.2, 0.25) is 0 Å². The van der Waals surface area contributed by atoms with E-state index in [0.717, 1.165) is 0 Å². The Morgan fingerprint density at radius 2 is 2.20 bits per heavy atom. The average molecular weight is 236 g/mol. The molecular formula is C7H12N2O5S. The van der Waals surface area contributed by atoms with Gasteiger partial charge in [0.05, 0.1) is 6.54 Å². The van der Waals surface area contributed by atoms with Gasteiger partial charge >= 0.3 is 11.9 Å². The Labute approximate surface area is 91.3 Å². The van der Waals surface area contributed by atoms with Crippen LogP contribution in [0.3, 0.4) is 0 Å². The van der Waals surface area contributed by atoms with Crippen molar-refractivity contribution in [2.75, 3.05) is 18.9 Å². The van der Waals surface area contributed by atoms with Crippen molar-refractivity contribution in [3.63, 3.8) is 0 Å². The molecule has 86 valence electrons. The number of rotatable bonds is 3. The molecule has 0 radical (unpaired) electrons. The van der Waals surface area contributed by atoms with Gasteiger partial charge in [0.1, 0.15) is 12.6 Å². The molecule has 0 saturated heterocycles. The SMILES string of the molecule is NC(CS)C(=O)O.O=C(O)C1=NCCO1. The molecule has 1 aliphatic rings. The lowest BCUT2D eigenvalue weighted by molar-refractivity contribution is -0.138. The van der Waals surface area contributed by atoms with Crippen molar-refractivity contribution in [2.24, 2.45) is 10.7 Å². The largest absolute Gasteiger partial charge is 0.480 e. The van der Waals surface area contributed by atoms with Gasteiger partial charge in [0.15, 0.2) is 0 Å². The summed E-state index contributed by atoms with van der Waals surface area (Å²) in [5.74, 6) is -2.06. The fourth-order valence-corrected chi connectivity index (χ4v) is 0.699. The molecule has 0 saturated carbocycles. The number of nitrogens with two attached hydrogens (primary N) is 1. The summed E-state index contributed by atoms with van der Waals surface area (Å²) in [6.07, 6.45) is 0. The van der Waals surface area contributed by atoms with Gasteiger partial charge in [0, 0.05) is 5.75 Å². The minimum absolute atomic E-state index is 0.162. The van der Waals surface area contributed by atoms with Gasteiger partial charge < -0.3 is 20.7 Å². The third-order valence-corrected chi connectivity index (χ3v) is 1.68. The molecule has 0 aromatic carbocycles. The molecule has 1 rings (SSSR count). The standard InChI is InChI=1S/C4H5NO3.C3H7NO2S/c6-4(7)3-5-1-2-8-3;4-2(1-7)3(5)6/h1-2H2,(H,6,7);2,7H,1,4H2,(H,5,6). The maximum atomic E-state index is 9.95. The summed E-state index contributed by atoms with van der Waals surface area (Å²) in [5.41, 5.74) is 4.94. The Morgan fingerprint density at radius 1 is 1.60 bits per heavy atom. The van der Waals surface area contributed by atoms with E-state index in [4.69, 9.17) is 15.9 Å². The van der Waals surface area contributed by atoms with Crippen LogP contribution in [0.4, 0.5) is 0 Å². The summed E-state index contributed by atoms with van der Waals surface area (Å²) < 4.78 is 4.56. The zero-order valence-electron chi connectivity index (χ0n) is 7.79. The summed E-state index contributed by atoms with van der Waals surface area (Å²) in [6.45, 7) is 0.878. The third kappa shape index (κ3) is 5.92. The normalized spacial score (nSPS) is 15.5. The Balaban J connectivity index is 0.000000265. The first-order chi connectivity index (χ1) is 6.99. The van der Waals surface area contributed by atoms with Crippen molar-refractivity contribution in [1.82, 2.24) is 0 Å². The lowest BCUT2D eigenvalue weighted by Crippen LogP contribution is -2.31. The van der Waals surface area contributed by atoms with E-state index < -0.39 is 18.0 Å². The number of hydrogen-bond acceptors (Lipinski definition) is 6. The molecule has 15 heavy (non-hydrogen) atoms. The smallest absolute Gasteiger partial charge is 0.391 e. The summed E-state index contributed by atoms with van der Waals surface area (Å²) in [6, 6.07) is -0.816. The first kappa shape index (κ1) is 13.7. The minimum atomic E-state index is -1.08.